The largest absolute Gasteiger partial charge is 0.336 e. The number of nitrogens with one attached hydrogen (secondary N) is 2. The number of urea groups is 1. The summed E-state index contributed by atoms with van der Waals surface area (Å²) in [6, 6.07) is 7.00. The predicted molar refractivity (Wildman–Crippen MR) is 86.2 cm³/mol. The monoisotopic (exact) mass is 300 g/mol. The van der Waals surface area contributed by atoms with Gasteiger partial charge in [-0.2, -0.15) is 0 Å². The number of nitrogens with zero attached hydrogens (tertiary/aromatic N) is 2. The Morgan fingerprint density at radius 1 is 1.23 bits per heavy atom. The second kappa shape index (κ2) is 6.89. The first-order chi connectivity index (χ1) is 10.5. The van der Waals surface area contributed by atoms with Gasteiger partial charge in [-0.25, -0.2) is 9.78 Å². The highest BCUT2D eigenvalue weighted by molar-refractivity contribution is 5.90. The lowest BCUT2D eigenvalue weighted by molar-refractivity contribution is 0.251. The van der Waals surface area contributed by atoms with Gasteiger partial charge in [0.05, 0.1) is 6.33 Å². The van der Waals surface area contributed by atoms with Crippen molar-refractivity contribution in [1.29, 1.82) is 0 Å². The van der Waals surface area contributed by atoms with E-state index >= 15 is 0 Å². The van der Waals surface area contributed by atoms with Crippen molar-refractivity contribution in [3.05, 3.63) is 57.8 Å². The molecule has 6 nitrogen and oxygen atoms in total. The van der Waals surface area contributed by atoms with Gasteiger partial charge in [0, 0.05) is 30.5 Å². The third kappa shape index (κ3) is 4.18. The molecule has 22 heavy (non-hydrogen) atoms. The SMILES string of the molecule is Cc1ccc(NC(=O)NCCn2cnc(C)cc2=O)c(C)c1. The van der Waals surface area contributed by atoms with E-state index in [-0.39, 0.29) is 11.6 Å². The Morgan fingerprint density at radius 2 is 2.00 bits per heavy atom. The molecule has 0 aliphatic rings. The number of hydrogen-bond donors (Lipinski definition) is 2. The molecule has 2 aromatic rings. The summed E-state index contributed by atoms with van der Waals surface area (Å²) in [6.07, 6.45) is 1.49. The van der Waals surface area contributed by atoms with E-state index in [1.54, 1.807) is 6.92 Å². The van der Waals surface area contributed by atoms with Crippen LogP contribution in [0, 0.1) is 20.8 Å². The molecule has 0 radical (unpaired) electrons. The van der Waals surface area contributed by atoms with Crippen molar-refractivity contribution in [3.63, 3.8) is 0 Å². The van der Waals surface area contributed by atoms with Crippen LogP contribution in [0.5, 0.6) is 0 Å². The van der Waals surface area contributed by atoms with Crippen LogP contribution in [0.4, 0.5) is 10.5 Å². The minimum Gasteiger partial charge on any atom is -0.336 e. The lowest BCUT2D eigenvalue weighted by Gasteiger charge is -2.11. The highest BCUT2D eigenvalue weighted by Gasteiger charge is 2.04. The smallest absolute Gasteiger partial charge is 0.319 e. The molecule has 6 heteroatoms. The predicted octanol–water partition coefficient (Wildman–Crippen LogP) is 1.99. The molecule has 1 aromatic heterocycles. The van der Waals surface area contributed by atoms with Gasteiger partial charge in [-0.05, 0) is 32.4 Å². The Hall–Kier alpha value is -2.63. The van der Waals surface area contributed by atoms with Gasteiger partial charge in [-0.3, -0.25) is 9.36 Å². The van der Waals surface area contributed by atoms with Crippen molar-refractivity contribution in [2.45, 2.75) is 27.3 Å². The van der Waals surface area contributed by atoms with Crippen LogP contribution in [0.25, 0.3) is 0 Å². The fourth-order valence-corrected chi connectivity index (χ4v) is 2.09. The zero-order valence-corrected chi connectivity index (χ0v) is 13.0. The first kappa shape index (κ1) is 15.8. The molecule has 1 heterocycles. The molecule has 0 aliphatic carbocycles. The van der Waals surface area contributed by atoms with E-state index in [2.05, 4.69) is 15.6 Å². The number of amides is 2. The molecule has 0 fully saturated rings. The van der Waals surface area contributed by atoms with Gasteiger partial charge in [0.25, 0.3) is 5.56 Å². The number of aryl methyl sites for hydroxylation is 3. The van der Waals surface area contributed by atoms with E-state index < -0.39 is 0 Å². The molecule has 1 aromatic carbocycles. The summed E-state index contributed by atoms with van der Waals surface area (Å²) in [6.45, 7) is 6.44. The van der Waals surface area contributed by atoms with Crippen LogP contribution in [-0.2, 0) is 6.54 Å². The second-order valence-corrected chi connectivity index (χ2v) is 5.26. The Balaban J connectivity index is 1.86. The van der Waals surface area contributed by atoms with Crippen molar-refractivity contribution in [3.8, 4) is 0 Å². The normalized spacial score (nSPS) is 10.3. The summed E-state index contributed by atoms with van der Waals surface area (Å²) in [5.41, 5.74) is 3.49. The van der Waals surface area contributed by atoms with Gasteiger partial charge in [0.2, 0.25) is 0 Å². The number of anilines is 1. The van der Waals surface area contributed by atoms with Crippen molar-refractivity contribution in [2.24, 2.45) is 0 Å². The van der Waals surface area contributed by atoms with Crippen LogP contribution >= 0.6 is 0 Å². The van der Waals surface area contributed by atoms with Gasteiger partial charge in [-0.15, -0.1) is 0 Å². The minimum atomic E-state index is -0.292. The summed E-state index contributed by atoms with van der Waals surface area (Å²) in [5.74, 6) is 0. The Morgan fingerprint density at radius 3 is 2.68 bits per heavy atom. The zero-order chi connectivity index (χ0) is 16.1. The molecule has 0 aliphatic heterocycles. The highest BCUT2D eigenvalue weighted by atomic mass is 16.2. The van der Waals surface area contributed by atoms with E-state index in [1.165, 1.54) is 17.0 Å². The van der Waals surface area contributed by atoms with Gasteiger partial charge < -0.3 is 10.6 Å². The Labute approximate surface area is 129 Å². The number of benzene rings is 1. The maximum atomic E-state index is 11.9. The molecule has 0 bridgehead atoms. The molecule has 0 spiro atoms. The number of aromatic nitrogens is 2. The molecule has 2 rings (SSSR count). The molecule has 2 amide bonds. The van der Waals surface area contributed by atoms with Gasteiger partial charge in [-0.1, -0.05) is 17.7 Å². The van der Waals surface area contributed by atoms with E-state index in [4.69, 9.17) is 0 Å². The van der Waals surface area contributed by atoms with Crippen molar-refractivity contribution in [1.82, 2.24) is 14.9 Å². The van der Waals surface area contributed by atoms with Gasteiger partial charge in [0.15, 0.2) is 0 Å². The number of carbonyl (C=O) groups excluding carboxylic acids is 1. The van der Waals surface area contributed by atoms with Crippen molar-refractivity contribution in [2.75, 3.05) is 11.9 Å². The average Bonchev–Trinajstić information content (AvgIpc) is 2.44. The molecule has 0 unspecified atom stereocenters. The van der Waals surface area contributed by atoms with Crippen molar-refractivity contribution < 1.29 is 4.79 Å². The summed E-state index contributed by atoms with van der Waals surface area (Å²) in [5, 5.41) is 5.52. The van der Waals surface area contributed by atoms with E-state index in [9.17, 15) is 9.59 Å². The van der Waals surface area contributed by atoms with Crippen LogP contribution in [0.2, 0.25) is 0 Å². The number of hydrogen-bond acceptors (Lipinski definition) is 3. The quantitative estimate of drug-likeness (QED) is 0.906. The third-order valence-electron chi connectivity index (χ3n) is 3.28. The zero-order valence-electron chi connectivity index (χ0n) is 13.0. The Kier molecular flexibility index (Phi) is 4.93. The third-order valence-corrected chi connectivity index (χ3v) is 3.28. The van der Waals surface area contributed by atoms with Crippen LogP contribution in [-0.4, -0.2) is 22.1 Å². The van der Waals surface area contributed by atoms with Crippen molar-refractivity contribution >= 4 is 11.7 Å². The molecular formula is C16H20N4O2. The first-order valence-corrected chi connectivity index (χ1v) is 7.11. The maximum Gasteiger partial charge on any atom is 0.319 e. The molecule has 0 saturated heterocycles. The fraction of sp³-hybridized carbons (Fsp3) is 0.312. The van der Waals surface area contributed by atoms with E-state index in [1.807, 2.05) is 32.0 Å². The van der Waals surface area contributed by atoms with Crippen LogP contribution in [0.15, 0.2) is 35.4 Å². The Bertz CT molecular complexity index is 737. The second-order valence-electron chi connectivity index (χ2n) is 5.26. The summed E-state index contributed by atoms with van der Waals surface area (Å²) >= 11 is 0. The summed E-state index contributed by atoms with van der Waals surface area (Å²) in [7, 11) is 0. The number of carbonyl (C=O) groups is 1. The molecule has 116 valence electrons. The van der Waals surface area contributed by atoms with Gasteiger partial charge >= 0.3 is 6.03 Å². The van der Waals surface area contributed by atoms with E-state index in [0.29, 0.717) is 18.8 Å². The molecule has 0 atom stereocenters. The average molecular weight is 300 g/mol. The topological polar surface area (TPSA) is 76.0 Å². The fourth-order valence-electron chi connectivity index (χ4n) is 2.09. The molecule has 2 N–H and O–H groups in total. The highest BCUT2D eigenvalue weighted by Crippen LogP contribution is 2.15. The lowest BCUT2D eigenvalue weighted by atomic mass is 10.1. The molecule has 0 saturated carbocycles. The standard InChI is InChI=1S/C16H20N4O2/c1-11-4-5-14(12(2)8-11)19-16(22)17-6-7-20-10-18-13(3)9-15(20)21/h4-5,8-10H,6-7H2,1-3H3,(H2,17,19,22). The maximum absolute atomic E-state index is 11.9. The van der Waals surface area contributed by atoms with E-state index in [0.717, 1.165) is 16.8 Å². The van der Waals surface area contributed by atoms with Crippen LogP contribution in [0.3, 0.4) is 0 Å². The molecular weight excluding hydrogens is 280 g/mol. The first-order valence-electron chi connectivity index (χ1n) is 7.11. The lowest BCUT2D eigenvalue weighted by Crippen LogP contribution is -2.33. The summed E-state index contributed by atoms with van der Waals surface area (Å²) < 4.78 is 1.46. The van der Waals surface area contributed by atoms with Crippen LogP contribution < -0.4 is 16.2 Å². The summed E-state index contributed by atoms with van der Waals surface area (Å²) in [4.78, 5) is 27.6. The van der Waals surface area contributed by atoms with Gasteiger partial charge in [0.1, 0.15) is 0 Å². The van der Waals surface area contributed by atoms with Crippen LogP contribution in [0.1, 0.15) is 16.8 Å². The number of rotatable bonds is 4. The minimum absolute atomic E-state index is 0.121.